The smallest absolute Gasteiger partial charge is 0.261 e. The predicted octanol–water partition coefficient (Wildman–Crippen LogP) is 3.01. The van der Waals surface area contributed by atoms with Crippen LogP contribution in [0.1, 0.15) is 54.6 Å². The lowest BCUT2D eigenvalue weighted by Crippen LogP contribution is -2.54. The first-order chi connectivity index (χ1) is 12.0. The second-order valence-electron chi connectivity index (χ2n) is 8.03. The van der Waals surface area contributed by atoms with Gasteiger partial charge in [-0.3, -0.25) is 14.0 Å². The van der Waals surface area contributed by atoms with E-state index in [1.54, 1.807) is 19.9 Å². The lowest BCUT2D eigenvalue weighted by Gasteiger charge is -2.40. The van der Waals surface area contributed by atoms with Crippen molar-refractivity contribution in [2.45, 2.75) is 50.3 Å². The van der Waals surface area contributed by atoms with Crippen molar-refractivity contribution in [1.82, 2.24) is 5.32 Å². The second-order valence-corrected chi connectivity index (χ2v) is 12.4. The molecule has 2 heterocycles. The summed E-state index contributed by atoms with van der Waals surface area (Å²) in [6, 6.07) is 1.67. The minimum Gasteiger partial charge on any atom is -0.386 e. The largest absolute Gasteiger partial charge is 0.386 e. The number of nitrogens with zero attached hydrogens (tertiary/aromatic N) is 1. The summed E-state index contributed by atoms with van der Waals surface area (Å²) in [6.07, 6.45) is 3.60. The normalized spacial score (nSPS) is 31.2. The van der Waals surface area contributed by atoms with E-state index in [9.17, 15) is 9.00 Å². The van der Waals surface area contributed by atoms with E-state index in [2.05, 4.69) is 16.2 Å². The molecule has 1 saturated carbocycles. The fourth-order valence-electron chi connectivity index (χ4n) is 3.24. The first-order valence-electron chi connectivity index (χ1n) is 8.74. The van der Waals surface area contributed by atoms with Crippen LogP contribution in [0.25, 0.3) is 0 Å². The fourth-order valence-corrected chi connectivity index (χ4v) is 6.79. The molecule has 0 aromatic carbocycles. The van der Waals surface area contributed by atoms with Crippen LogP contribution in [0, 0.1) is 5.92 Å². The maximum atomic E-state index is 13.1. The highest BCUT2D eigenvalue weighted by Gasteiger charge is 2.46. The predicted molar refractivity (Wildman–Crippen MR) is 112 cm³/mol. The summed E-state index contributed by atoms with van der Waals surface area (Å²) in [6.45, 7) is 6.16. The molecule has 2 atom stereocenters. The fraction of sp³-hybridized carbons (Fsp3) is 0.611. The third kappa shape index (κ3) is 3.29. The molecule has 3 rings (SSSR count). The van der Waals surface area contributed by atoms with E-state index >= 15 is 0 Å². The van der Waals surface area contributed by atoms with Gasteiger partial charge in [0.1, 0.15) is 11.4 Å². The van der Waals surface area contributed by atoms with Gasteiger partial charge in [0.25, 0.3) is 5.91 Å². The maximum absolute atomic E-state index is 13.1. The Labute approximate surface area is 164 Å². The summed E-state index contributed by atoms with van der Waals surface area (Å²) in [5.74, 6) is 4.96. The summed E-state index contributed by atoms with van der Waals surface area (Å²) >= 11 is 7.73. The molecule has 8 heteroatoms. The molecule has 1 unspecified atom stereocenters. The van der Waals surface area contributed by atoms with Gasteiger partial charge in [-0.05, 0) is 61.0 Å². The van der Waals surface area contributed by atoms with Gasteiger partial charge in [-0.15, -0.1) is 11.3 Å². The molecule has 1 aromatic heterocycles. The zero-order chi connectivity index (χ0) is 19.3. The summed E-state index contributed by atoms with van der Waals surface area (Å²) in [4.78, 5) is 18.3. The van der Waals surface area contributed by atoms with Gasteiger partial charge in [0, 0.05) is 12.3 Å². The Kier molecular flexibility index (Phi) is 4.95. The number of amidine groups is 1. The van der Waals surface area contributed by atoms with Gasteiger partial charge < -0.3 is 11.1 Å². The van der Waals surface area contributed by atoms with E-state index in [1.165, 1.54) is 30.6 Å². The summed E-state index contributed by atoms with van der Waals surface area (Å²) in [5.41, 5.74) is 5.29. The van der Waals surface area contributed by atoms with Crippen molar-refractivity contribution >= 4 is 50.1 Å². The molecule has 1 aliphatic heterocycles. The van der Waals surface area contributed by atoms with Crippen LogP contribution in [0.15, 0.2) is 11.1 Å². The Morgan fingerprint density at radius 2 is 2.15 bits per heavy atom. The van der Waals surface area contributed by atoms with Crippen LogP contribution >= 0.6 is 22.9 Å². The number of carbonyl (C=O) groups is 1. The molecule has 0 bridgehead atoms. The zero-order valence-electron chi connectivity index (χ0n) is 15.4. The summed E-state index contributed by atoms with van der Waals surface area (Å²) < 4.78 is 12.4. The molecule has 1 aromatic rings. The van der Waals surface area contributed by atoms with Gasteiger partial charge in [-0.2, -0.15) is 0 Å². The number of halogens is 1. The molecule has 1 aliphatic carbocycles. The number of amides is 1. The van der Waals surface area contributed by atoms with E-state index in [1.807, 2.05) is 6.92 Å². The SMILES string of the molecule is C=S1(=O)C[C@@](C)(c2sc(C(=O)NCC3CCC3)cc2Cl)N=C(N)C1(C)C. The molecule has 1 amide bonds. The molecular weight excluding hydrogens is 390 g/mol. The molecule has 0 saturated heterocycles. The van der Waals surface area contributed by atoms with Gasteiger partial charge in [-0.25, -0.2) is 0 Å². The lowest BCUT2D eigenvalue weighted by molar-refractivity contribution is 0.0943. The highest BCUT2D eigenvalue weighted by atomic mass is 35.5. The maximum Gasteiger partial charge on any atom is 0.261 e. The molecule has 144 valence electrons. The minimum absolute atomic E-state index is 0.123. The molecule has 2 aliphatic rings. The van der Waals surface area contributed by atoms with Crippen LogP contribution in [0.4, 0.5) is 0 Å². The number of thiophene rings is 1. The van der Waals surface area contributed by atoms with Gasteiger partial charge in [0.05, 0.1) is 19.5 Å². The van der Waals surface area contributed by atoms with Gasteiger partial charge in [-0.1, -0.05) is 18.0 Å². The van der Waals surface area contributed by atoms with Crippen LogP contribution in [0.2, 0.25) is 5.02 Å². The lowest BCUT2D eigenvalue weighted by atomic mass is 9.85. The van der Waals surface area contributed by atoms with Crippen LogP contribution in [0.5, 0.6) is 0 Å². The topological polar surface area (TPSA) is 84.5 Å². The first-order valence-corrected chi connectivity index (χ1v) is 11.8. The number of rotatable bonds is 4. The van der Waals surface area contributed by atoms with E-state index in [0.29, 0.717) is 33.1 Å². The van der Waals surface area contributed by atoms with Crippen molar-refractivity contribution in [3.05, 3.63) is 20.8 Å². The summed E-state index contributed by atoms with van der Waals surface area (Å²) in [5, 5.41) is 3.43. The van der Waals surface area contributed by atoms with Crippen molar-refractivity contribution in [3.8, 4) is 0 Å². The average molecular weight is 416 g/mol. The molecule has 3 N–H and O–H groups in total. The number of hydrogen-bond acceptors (Lipinski definition) is 5. The van der Waals surface area contributed by atoms with Crippen LogP contribution in [0.3, 0.4) is 0 Å². The molecule has 0 radical (unpaired) electrons. The summed E-state index contributed by atoms with van der Waals surface area (Å²) in [7, 11) is -2.52. The number of carbonyl (C=O) groups excluding carboxylic acids is 1. The Balaban J connectivity index is 1.88. The van der Waals surface area contributed by atoms with Gasteiger partial charge in [0.15, 0.2) is 0 Å². The van der Waals surface area contributed by atoms with E-state index in [4.69, 9.17) is 17.3 Å². The third-order valence-electron chi connectivity index (χ3n) is 5.60. The van der Waals surface area contributed by atoms with Crippen molar-refractivity contribution < 1.29 is 9.00 Å². The van der Waals surface area contributed by atoms with E-state index in [0.717, 1.165) is 0 Å². The number of nitrogens with two attached hydrogens (primary N) is 1. The Bertz CT molecular complexity index is 869. The van der Waals surface area contributed by atoms with Crippen LogP contribution in [-0.2, 0) is 15.1 Å². The van der Waals surface area contributed by atoms with Gasteiger partial charge in [0.2, 0.25) is 0 Å². The highest BCUT2D eigenvalue weighted by molar-refractivity contribution is 8.02. The molecule has 1 fully saturated rings. The molecule has 0 spiro atoms. The number of hydrogen-bond donors (Lipinski definition) is 2. The molecular formula is C18H26ClN3O2S2. The quantitative estimate of drug-likeness (QED) is 0.741. The van der Waals surface area contributed by atoms with Crippen molar-refractivity contribution in [1.29, 1.82) is 0 Å². The van der Waals surface area contributed by atoms with Crippen molar-refractivity contribution in [3.63, 3.8) is 0 Å². The van der Waals surface area contributed by atoms with Crippen molar-refractivity contribution in [2.75, 3.05) is 12.3 Å². The van der Waals surface area contributed by atoms with Crippen LogP contribution < -0.4 is 11.1 Å². The average Bonchev–Trinajstić information content (AvgIpc) is 2.86. The standard InChI is InChI=1S/C18H26ClN3O2S2/c1-17(2)16(20)22-18(3,10-26(17,4)24)14-12(19)8-13(25-14)15(23)21-9-11-6-5-7-11/h8,11H,4-7,9-10H2,1-3H3,(H2,20,22)(H,21,23)/t18-,26?/m0/s1. The molecule has 5 nitrogen and oxygen atoms in total. The minimum atomic E-state index is -2.52. The van der Waals surface area contributed by atoms with E-state index < -0.39 is 19.8 Å². The van der Waals surface area contributed by atoms with Crippen LogP contribution in [-0.4, -0.2) is 38.9 Å². The van der Waals surface area contributed by atoms with Crippen molar-refractivity contribution in [2.24, 2.45) is 16.6 Å². The Morgan fingerprint density at radius 1 is 1.50 bits per heavy atom. The number of aliphatic imine (C=N–C) groups is 1. The third-order valence-corrected chi connectivity index (χ3v) is 10.5. The first kappa shape index (κ1) is 19.7. The molecule has 26 heavy (non-hydrogen) atoms. The number of nitrogens with one attached hydrogen (secondary N) is 1. The Hall–Kier alpha value is -1.05. The van der Waals surface area contributed by atoms with E-state index in [-0.39, 0.29) is 11.7 Å². The second kappa shape index (κ2) is 6.53. The zero-order valence-corrected chi connectivity index (χ0v) is 17.8. The van der Waals surface area contributed by atoms with Gasteiger partial charge >= 0.3 is 0 Å². The monoisotopic (exact) mass is 415 g/mol. The Morgan fingerprint density at radius 3 is 2.69 bits per heavy atom. The highest BCUT2D eigenvalue weighted by Crippen LogP contribution is 2.43.